The van der Waals surface area contributed by atoms with Crippen LogP contribution in [0.2, 0.25) is 0 Å². The first-order valence-corrected chi connectivity index (χ1v) is 13.0. The third-order valence-electron chi connectivity index (χ3n) is 6.23. The number of hydrogen-bond donors (Lipinski definition) is 1. The van der Waals surface area contributed by atoms with Gasteiger partial charge in [0, 0.05) is 24.3 Å². The van der Waals surface area contributed by atoms with Gasteiger partial charge in [0.05, 0.1) is 29.2 Å². The van der Waals surface area contributed by atoms with E-state index < -0.39 is 18.7 Å². The Morgan fingerprint density at radius 3 is 2.55 bits per heavy atom. The number of rotatable bonds is 10. The number of nitrogens with zero attached hydrogens (tertiary/aromatic N) is 7. The number of carbonyl (C=O) groups excluding carboxylic acids is 1. The molecule has 3 aromatic rings. The van der Waals surface area contributed by atoms with E-state index in [9.17, 15) is 26.7 Å². The van der Waals surface area contributed by atoms with Gasteiger partial charge in [-0.15, -0.1) is 16.1 Å². The molecule has 3 atom stereocenters. The summed E-state index contributed by atoms with van der Waals surface area (Å²) >= 11 is 0.712. The second-order valence-electron chi connectivity index (χ2n) is 8.78. The van der Waals surface area contributed by atoms with Gasteiger partial charge in [-0.3, -0.25) is 9.79 Å². The van der Waals surface area contributed by atoms with Crippen LogP contribution in [-0.4, -0.2) is 76.1 Å². The Morgan fingerprint density at radius 2 is 2.00 bits per heavy atom. The van der Waals surface area contributed by atoms with Crippen molar-refractivity contribution in [3.05, 3.63) is 40.7 Å². The maximum Gasteiger partial charge on any atom is 0.414 e. The van der Waals surface area contributed by atoms with Crippen molar-refractivity contribution in [2.24, 2.45) is 4.99 Å². The van der Waals surface area contributed by atoms with Gasteiger partial charge in [0.15, 0.2) is 23.2 Å². The molecule has 0 radical (unpaired) electrons. The zero-order chi connectivity index (χ0) is 29.3. The highest BCUT2D eigenvalue weighted by Gasteiger charge is 2.38. The summed E-state index contributed by atoms with van der Waals surface area (Å²) in [5.74, 6) is 0.428. The summed E-state index contributed by atoms with van der Waals surface area (Å²) in [5, 5.41) is 11.5. The molecule has 1 saturated carbocycles. The number of aldehydes is 1. The highest BCUT2D eigenvalue weighted by Crippen LogP contribution is 2.35. The number of carbonyl (C=O) groups is 1. The largest absolute Gasteiger partial charge is 0.414 e. The van der Waals surface area contributed by atoms with E-state index in [1.165, 1.54) is 23.4 Å². The van der Waals surface area contributed by atoms with Crippen LogP contribution in [0.1, 0.15) is 53.7 Å². The van der Waals surface area contributed by atoms with Crippen LogP contribution in [0.5, 0.6) is 0 Å². The van der Waals surface area contributed by atoms with E-state index in [0.717, 1.165) is 38.8 Å². The number of aromatic nitrogens is 5. The van der Waals surface area contributed by atoms with E-state index in [-0.39, 0.29) is 28.7 Å². The van der Waals surface area contributed by atoms with Crippen LogP contribution in [0.15, 0.2) is 35.8 Å². The first kappa shape index (κ1) is 31.2. The molecule has 0 spiro atoms. The van der Waals surface area contributed by atoms with Crippen molar-refractivity contribution in [2.75, 3.05) is 18.7 Å². The monoisotopic (exact) mass is 588 g/mol. The van der Waals surface area contributed by atoms with Crippen LogP contribution in [-0.2, 0) is 4.74 Å². The lowest BCUT2D eigenvalue weighted by molar-refractivity contribution is -0.214. The summed E-state index contributed by atoms with van der Waals surface area (Å²) in [6.45, 7) is 4.36. The zero-order valence-corrected chi connectivity index (χ0v) is 22.6. The molecule has 0 bridgehead atoms. The lowest BCUT2D eigenvalue weighted by Gasteiger charge is -2.39. The summed E-state index contributed by atoms with van der Waals surface area (Å²) in [6.07, 6.45) is 0.748. The van der Waals surface area contributed by atoms with Gasteiger partial charge in [0.1, 0.15) is 12.4 Å². The van der Waals surface area contributed by atoms with Gasteiger partial charge in [-0.05, 0) is 46.4 Å². The van der Waals surface area contributed by atoms with Crippen LogP contribution in [0, 0.1) is 0 Å². The zero-order valence-electron chi connectivity index (χ0n) is 21.8. The van der Waals surface area contributed by atoms with Crippen molar-refractivity contribution in [1.29, 1.82) is 0 Å². The molecule has 3 heterocycles. The van der Waals surface area contributed by atoms with Crippen LogP contribution in [0.4, 0.5) is 33.3 Å². The molecule has 0 amide bonds. The third kappa shape index (κ3) is 8.32. The number of ether oxygens (including phenoxy) is 1. The van der Waals surface area contributed by atoms with Crippen LogP contribution in [0.3, 0.4) is 0 Å². The first-order chi connectivity index (χ1) is 19.1. The van der Waals surface area contributed by atoms with Crippen molar-refractivity contribution >= 4 is 35.7 Å². The predicted molar refractivity (Wildman–Crippen MR) is 140 cm³/mol. The van der Waals surface area contributed by atoms with Gasteiger partial charge in [-0.1, -0.05) is 0 Å². The minimum Gasteiger partial charge on any atom is -0.349 e. The van der Waals surface area contributed by atoms with E-state index in [2.05, 4.69) is 37.2 Å². The van der Waals surface area contributed by atoms with E-state index in [1.54, 1.807) is 6.07 Å². The summed E-state index contributed by atoms with van der Waals surface area (Å²) in [7, 11) is 1.89. The van der Waals surface area contributed by atoms with Gasteiger partial charge in [0.2, 0.25) is 0 Å². The first-order valence-electron chi connectivity index (χ1n) is 12.2. The predicted octanol–water partition coefficient (Wildman–Crippen LogP) is 5.15. The van der Waals surface area contributed by atoms with E-state index in [0.29, 0.717) is 34.8 Å². The minimum atomic E-state index is -4.44. The van der Waals surface area contributed by atoms with Crippen LogP contribution < -0.4 is 10.2 Å². The lowest BCUT2D eigenvalue weighted by Crippen LogP contribution is -2.46. The Kier molecular flexibility index (Phi) is 11.2. The third-order valence-corrected chi connectivity index (χ3v) is 7.16. The molecule has 0 saturated heterocycles. The van der Waals surface area contributed by atoms with Gasteiger partial charge < -0.3 is 15.0 Å². The Morgan fingerprint density at radius 1 is 1.27 bits per heavy atom. The standard InChI is InChI=1S/C19H26F3N7O.C5H3F2NOS/c1-13(19(20,21)22)30-12-28(15-6-4-5-14(9-15)23-2)17-10-18(25-11-16(17)24-3)29-26-7-8-27-29;6-5(7)3-1-8-4(2-9)10-3/h7-8,10-11,13-15,23H,3-6,9,12H2,1-2H3;1-2,5H. The molecule has 40 heavy (non-hydrogen) atoms. The van der Waals surface area contributed by atoms with Crippen molar-refractivity contribution < 1.29 is 31.5 Å². The van der Waals surface area contributed by atoms with Crippen LogP contribution >= 0.6 is 11.3 Å². The molecule has 1 aliphatic rings. The Labute approximate surface area is 231 Å². The van der Waals surface area contributed by atoms with Crippen molar-refractivity contribution in [3.8, 4) is 5.82 Å². The number of thiazole rings is 1. The number of anilines is 1. The second kappa shape index (κ2) is 14.3. The molecule has 0 aromatic carbocycles. The van der Waals surface area contributed by atoms with E-state index in [1.807, 2.05) is 11.9 Å². The fourth-order valence-corrected chi connectivity index (χ4v) is 4.64. The summed E-state index contributed by atoms with van der Waals surface area (Å²) in [4.78, 5) is 24.7. The van der Waals surface area contributed by atoms with Gasteiger partial charge in [-0.2, -0.15) is 23.4 Å². The minimum absolute atomic E-state index is 0.0297. The molecule has 218 valence electrons. The highest BCUT2D eigenvalue weighted by atomic mass is 32.1. The molecule has 16 heteroatoms. The maximum absolute atomic E-state index is 13.0. The lowest BCUT2D eigenvalue weighted by atomic mass is 9.90. The SMILES string of the molecule is C=Nc1cnc(-n2nccn2)cc1N(COC(C)C(F)(F)F)C1CCCC(NC)C1.O=Cc1ncc(C(F)F)s1. The van der Waals surface area contributed by atoms with Gasteiger partial charge in [0.25, 0.3) is 6.43 Å². The smallest absolute Gasteiger partial charge is 0.349 e. The Bertz CT molecular complexity index is 1220. The average molecular weight is 589 g/mol. The number of nitrogens with one attached hydrogen (secondary N) is 1. The molecule has 1 aliphatic carbocycles. The summed E-state index contributed by atoms with van der Waals surface area (Å²) in [6, 6.07) is 1.95. The average Bonchev–Trinajstić information content (AvgIpc) is 3.66. The number of hydrogen-bond acceptors (Lipinski definition) is 10. The number of aliphatic imine (C=N–C) groups is 1. The molecule has 4 rings (SSSR count). The Hall–Kier alpha value is -3.37. The van der Waals surface area contributed by atoms with Gasteiger partial charge >= 0.3 is 6.18 Å². The molecule has 0 aliphatic heterocycles. The normalized spacial score (nSPS) is 18.1. The van der Waals surface area contributed by atoms with E-state index >= 15 is 0 Å². The summed E-state index contributed by atoms with van der Waals surface area (Å²) < 4.78 is 67.9. The molecular weight excluding hydrogens is 559 g/mol. The number of halogens is 5. The summed E-state index contributed by atoms with van der Waals surface area (Å²) in [5.41, 5.74) is 1.05. The topological polar surface area (TPSA) is 110 Å². The molecule has 1 fully saturated rings. The van der Waals surface area contributed by atoms with E-state index in [4.69, 9.17) is 4.74 Å². The van der Waals surface area contributed by atoms with Crippen molar-refractivity contribution in [3.63, 3.8) is 0 Å². The number of alkyl halides is 5. The molecule has 1 N–H and O–H groups in total. The fraction of sp³-hybridized carbons (Fsp3) is 0.500. The van der Waals surface area contributed by atoms with Crippen LogP contribution in [0.25, 0.3) is 5.82 Å². The second-order valence-corrected chi connectivity index (χ2v) is 9.88. The van der Waals surface area contributed by atoms with Gasteiger partial charge in [-0.25, -0.2) is 18.7 Å². The number of pyridine rings is 1. The molecule has 3 unspecified atom stereocenters. The molecule has 3 aromatic heterocycles. The molecular formula is C24H29F5N8O2S. The fourth-order valence-electron chi connectivity index (χ4n) is 4.05. The van der Waals surface area contributed by atoms with Crippen molar-refractivity contribution in [1.82, 2.24) is 30.3 Å². The van der Waals surface area contributed by atoms with Crippen molar-refractivity contribution in [2.45, 2.75) is 63.4 Å². The highest BCUT2D eigenvalue weighted by molar-refractivity contribution is 7.13. The Balaban J connectivity index is 0.000000371. The quantitative estimate of drug-likeness (QED) is 0.150. The molecule has 10 nitrogen and oxygen atoms in total. The maximum atomic E-state index is 13.0.